The molecule has 23 heavy (non-hydrogen) atoms. The SMILES string of the molecule is O=C(O)c1cc(-c2ccccc2)n(-c2cccc([N+](=O)[O-])c2)n1. The fraction of sp³-hybridized carbons (Fsp3) is 0. The number of non-ortho nitro benzene ring substituents is 1. The van der Waals surface area contributed by atoms with Crippen molar-refractivity contribution in [3.63, 3.8) is 0 Å². The first-order valence-corrected chi connectivity index (χ1v) is 6.70. The maximum atomic E-state index is 11.2. The number of aromatic carboxylic acids is 1. The summed E-state index contributed by atoms with van der Waals surface area (Å²) in [6.45, 7) is 0. The van der Waals surface area contributed by atoms with Gasteiger partial charge in [-0.15, -0.1) is 0 Å². The van der Waals surface area contributed by atoms with E-state index >= 15 is 0 Å². The fourth-order valence-electron chi connectivity index (χ4n) is 2.24. The van der Waals surface area contributed by atoms with Crippen LogP contribution in [-0.4, -0.2) is 25.8 Å². The van der Waals surface area contributed by atoms with Crippen molar-refractivity contribution in [1.29, 1.82) is 0 Å². The Morgan fingerprint density at radius 2 is 1.83 bits per heavy atom. The number of nitrogens with zero attached hydrogens (tertiary/aromatic N) is 3. The van der Waals surface area contributed by atoms with Gasteiger partial charge in [0.15, 0.2) is 5.69 Å². The molecular formula is C16H11N3O4. The van der Waals surface area contributed by atoms with Crippen molar-refractivity contribution in [3.8, 4) is 16.9 Å². The van der Waals surface area contributed by atoms with Crippen molar-refractivity contribution < 1.29 is 14.8 Å². The first kappa shape index (κ1) is 14.5. The average Bonchev–Trinajstić information content (AvgIpc) is 3.01. The lowest BCUT2D eigenvalue weighted by molar-refractivity contribution is -0.384. The Kier molecular flexibility index (Phi) is 3.60. The van der Waals surface area contributed by atoms with Gasteiger partial charge in [0.05, 0.1) is 16.3 Å². The van der Waals surface area contributed by atoms with Gasteiger partial charge in [0.1, 0.15) is 0 Å². The van der Waals surface area contributed by atoms with E-state index in [0.29, 0.717) is 11.4 Å². The molecule has 0 amide bonds. The molecule has 3 rings (SSSR count). The topological polar surface area (TPSA) is 98.3 Å². The van der Waals surface area contributed by atoms with Gasteiger partial charge >= 0.3 is 5.97 Å². The van der Waals surface area contributed by atoms with Crippen LogP contribution in [0.2, 0.25) is 0 Å². The zero-order valence-corrected chi connectivity index (χ0v) is 11.8. The smallest absolute Gasteiger partial charge is 0.356 e. The predicted octanol–water partition coefficient (Wildman–Crippen LogP) is 3.15. The molecule has 7 nitrogen and oxygen atoms in total. The van der Waals surface area contributed by atoms with Gasteiger partial charge in [0.2, 0.25) is 0 Å². The summed E-state index contributed by atoms with van der Waals surface area (Å²) in [6.07, 6.45) is 0. The summed E-state index contributed by atoms with van der Waals surface area (Å²) in [7, 11) is 0. The van der Waals surface area contributed by atoms with E-state index in [4.69, 9.17) is 0 Å². The van der Waals surface area contributed by atoms with Crippen LogP contribution in [0.3, 0.4) is 0 Å². The van der Waals surface area contributed by atoms with Gasteiger partial charge in [0, 0.05) is 17.7 Å². The zero-order chi connectivity index (χ0) is 16.4. The summed E-state index contributed by atoms with van der Waals surface area (Å²) >= 11 is 0. The Morgan fingerprint density at radius 1 is 1.09 bits per heavy atom. The Balaban J connectivity index is 2.20. The third kappa shape index (κ3) is 2.80. The maximum Gasteiger partial charge on any atom is 0.356 e. The molecular weight excluding hydrogens is 298 g/mol. The standard InChI is InChI=1S/C16H11N3O4/c20-16(21)14-10-15(11-5-2-1-3-6-11)18(17-14)12-7-4-8-13(9-12)19(22)23/h1-10H,(H,20,21). The Labute approximate surface area is 130 Å². The van der Waals surface area contributed by atoms with Crippen LogP contribution in [0.15, 0.2) is 60.7 Å². The van der Waals surface area contributed by atoms with Crippen LogP contribution in [0.4, 0.5) is 5.69 Å². The van der Waals surface area contributed by atoms with Crippen molar-refractivity contribution in [3.05, 3.63) is 76.5 Å². The molecule has 0 aliphatic heterocycles. The molecule has 0 saturated carbocycles. The van der Waals surface area contributed by atoms with Crippen LogP contribution >= 0.6 is 0 Å². The molecule has 0 bridgehead atoms. The van der Waals surface area contributed by atoms with Crippen molar-refractivity contribution in [2.24, 2.45) is 0 Å². The van der Waals surface area contributed by atoms with Crippen LogP contribution in [0, 0.1) is 10.1 Å². The highest BCUT2D eigenvalue weighted by atomic mass is 16.6. The summed E-state index contributed by atoms with van der Waals surface area (Å²) in [5.41, 5.74) is 1.51. The highest BCUT2D eigenvalue weighted by molar-refractivity contribution is 5.87. The Hall–Kier alpha value is -3.48. The van der Waals surface area contributed by atoms with E-state index in [-0.39, 0.29) is 11.4 Å². The normalized spacial score (nSPS) is 10.4. The van der Waals surface area contributed by atoms with Crippen molar-refractivity contribution >= 4 is 11.7 Å². The quantitative estimate of drug-likeness (QED) is 0.589. The molecule has 0 aliphatic rings. The average molecular weight is 309 g/mol. The van der Waals surface area contributed by atoms with E-state index in [1.54, 1.807) is 6.07 Å². The van der Waals surface area contributed by atoms with Crippen molar-refractivity contribution in [2.75, 3.05) is 0 Å². The van der Waals surface area contributed by atoms with E-state index in [1.807, 2.05) is 30.3 Å². The van der Waals surface area contributed by atoms with Crippen molar-refractivity contribution in [2.45, 2.75) is 0 Å². The first-order valence-electron chi connectivity index (χ1n) is 6.70. The van der Waals surface area contributed by atoms with Gasteiger partial charge < -0.3 is 5.11 Å². The number of hydrogen-bond donors (Lipinski definition) is 1. The molecule has 2 aromatic carbocycles. The summed E-state index contributed by atoms with van der Waals surface area (Å²) < 4.78 is 1.39. The predicted molar refractivity (Wildman–Crippen MR) is 82.6 cm³/mol. The van der Waals surface area contributed by atoms with E-state index < -0.39 is 10.9 Å². The number of benzene rings is 2. The molecule has 0 unspecified atom stereocenters. The molecule has 0 atom stereocenters. The van der Waals surface area contributed by atoms with Crippen molar-refractivity contribution in [1.82, 2.24) is 9.78 Å². The molecule has 1 heterocycles. The molecule has 0 radical (unpaired) electrons. The molecule has 1 N–H and O–H groups in total. The molecule has 3 aromatic rings. The van der Waals surface area contributed by atoms with Crippen LogP contribution in [0.25, 0.3) is 16.9 Å². The lowest BCUT2D eigenvalue weighted by Crippen LogP contribution is -2.03. The molecule has 0 saturated heterocycles. The maximum absolute atomic E-state index is 11.2. The number of aromatic nitrogens is 2. The minimum Gasteiger partial charge on any atom is -0.476 e. The van der Waals surface area contributed by atoms with Gasteiger partial charge in [-0.05, 0) is 12.1 Å². The number of carboxylic acid groups (broad SMARTS) is 1. The second-order valence-electron chi connectivity index (χ2n) is 4.77. The van der Waals surface area contributed by atoms with E-state index in [0.717, 1.165) is 5.56 Å². The minimum absolute atomic E-state index is 0.0890. The summed E-state index contributed by atoms with van der Waals surface area (Å²) in [4.78, 5) is 21.6. The number of carbonyl (C=O) groups is 1. The van der Waals surface area contributed by atoms with E-state index in [9.17, 15) is 20.0 Å². The third-order valence-corrected chi connectivity index (χ3v) is 3.28. The number of rotatable bonds is 4. The van der Waals surface area contributed by atoms with Gasteiger partial charge in [-0.3, -0.25) is 10.1 Å². The number of hydrogen-bond acceptors (Lipinski definition) is 4. The van der Waals surface area contributed by atoms with Crippen LogP contribution in [0.1, 0.15) is 10.5 Å². The fourth-order valence-corrected chi connectivity index (χ4v) is 2.24. The minimum atomic E-state index is -1.16. The summed E-state index contributed by atoms with van der Waals surface area (Å²) in [6, 6.07) is 16.4. The first-order chi connectivity index (χ1) is 11.1. The monoisotopic (exact) mass is 309 g/mol. The molecule has 0 fully saturated rings. The van der Waals surface area contributed by atoms with Gasteiger partial charge in [-0.1, -0.05) is 36.4 Å². The van der Waals surface area contributed by atoms with Crippen LogP contribution in [-0.2, 0) is 0 Å². The highest BCUT2D eigenvalue weighted by Crippen LogP contribution is 2.25. The number of nitro benzene ring substituents is 1. The van der Waals surface area contributed by atoms with Gasteiger partial charge in [-0.2, -0.15) is 5.10 Å². The molecule has 0 spiro atoms. The Bertz CT molecular complexity index is 887. The lowest BCUT2D eigenvalue weighted by atomic mass is 10.1. The number of nitro groups is 1. The van der Waals surface area contributed by atoms with E-state index in [2.05, 4.69) is 5.10 Å². The van der Waals surface area contributed by atoms with Crippen LogP contribution in [0.5, 0.6) is 0 Å². The largest absolute Gasteiger partial charge is 0.476 e. The number of carboxylic acids is 1. The summed E-state index contributed by atoms with van der Waals surface area (Å²) in [5, 5.41) is 24.2. The zero-order valence-electron chi connectivity index (χ0n) is 11.8. The molecule has 1 aromatic heterocycles. The van der Waals surface area contributed by atoms with E-state index in [1.165, 1.54) is 28.9 Å². The molecule has 7 heteroatoms. The second kappa shape index (κ2) is 5.72. The lowest BCUT2D eigenvalue weighted by Gasteiger charge is -2.07. The van der Waals surface area contributed by atoms with Crippen LogP contribution < -0.4 is 0 Å². The molecule has 114 valence electrons. The molecule has 0 aliphatic carbocycles. The van der Waals surface area contributed by atoms with Gasteiger partial charge in [-0.25, -0.2) is 9.48 Å². The third-order valence-electron chi connectivity index (χ3n) is 3.28. The highest BCUT2D eigenvalue weighted by Gasteiger charge is 2.17. The van der Waals surface area contributed by atoms with Gasteiger partial charge in [0.25, 0.3) is 5.69 Å². The second-order valence-corrected chi connectivity index (χ2v) is 4.77. The Morgan fingerprint density at radius 3 is 2.48 bits per heavy atom. The summed E-state index contributed by atoms with van der Waals surface area (Å²) in [5.74, 6) is -1.16.